The van der Waals surface area contributed by atoms with Crippen LogP contribution >= 0.6 is 11.3 Å². The van der Waals surface area contributed by atoms with Gasteiger partial charge in [0.2, 0.25) is 10.9 Å². The number of rotatable bonds is 5. The first-order chi connectivity index (χ1) is 11.6. The third kappa shape index (κ3) is 4.36. The molecule has 1 saturated heterocycles. The molecule has 2 heterocycles. The fourth-order valence-corrected chi connectivity index (χ4v) is 3.19. The maximum atomic E-state index is 12.2. The van der Waals surface area contributed by atoms with Gasteiger partial charge in [-0.3, -0.25) is 14.5 Å². The Kier molecular flexibility index (Phi) is 5.17. The van der Waals surface area contributed by atoms with Crippen LogP contribution in [0.5, 0.6) is 0 Å². The van der Waals surface area contributed by atoms with Gasteiger partial charge < -0.3 is 10.6 Å². The Morgan fingerprint density at radius 1 is 1.33 bits per heavy atom. The van der Waals surface area contributed by atoms with E-state index in [0.29, 0.717) is 31.2 Å². The fourth-order valence-electron chi connectivity index (χ4n) is 2.39. The minimum Gasteiger partial charge on any atom is -0.354 e. The van der Waals surface area contributed by atoms with E-state index in [0.717, 1.165) is 17.1 Å². The second kappa shape index (κ2) is 7.50. The molecule has 1 aliphatic heterocycles. The van der Waals surface area contributed by atoms with Gasteiger partial charge in [0.25, 0.3) is 5.91 Å². The molecule has 0 atom stereocenters. The molecule has 1 aromatic heterocycles. The zero-order chi connectivity index (χ0) is 16.9. The number of amides is 2. The van der Waals surface area contributed by atoms with Gasteiger partial charge >= 0.3 is 0 Å². The molecule has 2 amide bonds. The van der Waals surface area contributed by atoms with Crippen molar-refractivity contribution in [3.05, 3.63) is 45.4 Å². The predicted octanol–water partition coefficient (Wildman–Crippen LogP) is 0.708. The van der Waals surface area contributed by atoms with Gasteiger partial charge in [-0.2, -0.15) is 0 Å². The zero-order valence-corrected chi connectivity index (χ0v) is 14.2. The van der Waals surface area contributed by atoms with Gasteiger partial charge in [-0.15, -0.1) is 10.2 Å². The van der Waals surface area contributed by atoms with Crippen molar-refractivity contribution in [2.75, 3.05) is 19.6 Å². The number of piperazine rings is 1. The molecule has 7 nitrogen and oxygen atoms in total. The monoisotopic (exact) mass is 345 g/mol. The Morgan fingerprint density at radius 2 is 2.12 bits per heavy atom. The molecule has 0 unspecified atom stereocenters. The molecule has 0 radical (unpaired) electrons. The smallest absolute Gasteiger partial charge is 0.282 e. The van der Waals surface area contributed by atoms with Crippen LogP contribution in [-0.4, -0.2) is 46.5 Å². The van der Waals surface area contributed by atoms with Crippen molar-refractivity contribution in [2.45, 2.75) is 20.0 Å². The molecular formula is C16H19N5O2S. The molecule has 2 aromatic rings. The highest BCUT2D eigenvalue weighted by atomic mass is 32.1. The van der Waals surface area contributed by atoms with Crippen LogP contribution in [0.4, 0.5) is 0 Å². The second-order valence-corrected chi connectivity index (χ2v) is 6.79. The van der Waals surface area contributed by atoms with E-state index in [1.807, 2.05) is 36.1 Å². The van der Waals surface area contributed by atoms with Crippen molar-refractivity contribution in [1.29, 1.82) is 0 Å². The molecular weight excluding hydrogens is 326 g/mol. The lowest BCUT2D eigenvalue weighted by molar-refractivity contribution is -0.124. The van der Waals surface area contributed by atoms with Gasteiger partial charge in [-0.25, -0.2) is 0 Å². The molecule has 24 heavy (non-hydrogen) atoms. The molecule has 126 valence electrons. The summed E-state index contributed by atoms with van der Waals surface area (Å²) in [6.45, 7) is 4.80. The van der Waals surface area contributed by atoms with Crippen LogP contribution in [0.25, 0.3) is 0 Å². The first-order valence-electron chi connectivity index (χ1n) is 7.75. The summed E-state index contributed by atoms with van der Waals surface area (Å²) in [6.07, 6.45) is 0. The largest absolute Gasteiger partial charge is 0.354 e. The maximum Gasteiger partial charge on any atom is 0.282 e. The molecule has 8 heteroatoms. The highest BCUT2D eigenvalue weighted by Gasteiger charge is 2.19. The maximum absolute atomic E-state index is 12.2. The van der Waals surface area contributed by atoms with E-state index in [9.17, 15) is 9.59 Å². The van der Waals surface area contributed by atoms with E-state index in [1.54, 1.807) is 0 Å². The minimum absolute atomic E-state index is 0.0156. The summed E-state index contributed by atoms with van der Waals surface area (Å²) in [5.74, 6) is -0.211. The van der Waals surface area contributed by atoms with Crippen LogP contribution in [0, 0.1) is 6.92 Å². The van der Waals surface area contributed by atoms with Crippen molar-refractivity contribution in [3.8, 4) is 0 Å². The normalized spacial score (nSPS) is 15.1. The molecule has 3 rings (SSSR count). The first-order valence-corrected chi connectivity index (χ1v) is 8.57. The van der Waals surface area contributed by atoms with Crippen LogP contribution in [0.1, 0.15) is 25.9 Å². The third-order valence-electron chi connectivity index (χ3n) is 3.71. The minimum atomic E-state index is -0.226. The van der Waals surface area contributed by atoms with E-state index >= 15 is 0 Å². The molecule has 0 bridgehead atoms. The Hall–Kier alpha value is -2.32. The molecule has 0 spiro atoms. The van der Waals surface area contributed by atoms with Gasteiger partial charge in [0.15, 0.2) is 0 Å². The van der Waals surface area contributed by atoms with Gasteiger partial charge in [0, 0.05) is 19.6 Å². The van der Waals surface area contributed by atoms with Crippen molar-refractivity contribution in [3.63, 3.8) is 0 Å². The SMILES string of the molecule is Cc1ccc(CNC(=O)c2nnc(CN3CCNC(=O)C3)s2)cc1. The van der Waals surface area contributed by atoms with E-state index in [-0.39, 0.29) is 11.8 Å². The number of aryl methyl sites for hydroxylation is 1. The summed E-state index contributed by atoms with van der Waals surface area (Å²) in [4.78, 5) is 25.5. The average Bonchev–Trinajstić information content (AvgIpc) is 3.03. The lowest BCUT2D eigenvalue weighted by Gasteiger charge is -2.25. The molecule has 1 fully saturated rings. The summed E-state index contributed by atoms with van der Waals surface area (Å²) >= 11 is 1.27. The van der Waals surface area contributed by atoms with E-state index in [1.165, 1.54) is 16.9 Å². The average molecular weight is 345 g/mol. The number of carbonyl (C=O) groups excluding carboxylic acids is 2. The molecule has 0 aliphatic carbocycles. The summed E-state index contributed by atoms with van der Waals surface area (Å²) in [6, 6.07) is 8.00. The highest BCUT2D eigenvalue weighted by Crippen LogP contribution is 2.13. The van der Waals surface area contributed by atoms with Crippen molar-refractivity contribution < 1.29 is 9.59 Å². The van der Waals surface area contributed by atoms with Gasteiger partial charge in [-0.1, -0.05) is 41.2 Å². The van der Waals surface area contributed by atoms with Crippen LogP contribution in [0.15, 0.2) is 24.3 Å². The van der Waals surface area contributed by atoms with Crippen LogP contribution in [-0.2, 0) is 17.9 Å². The Bertz CT molecular complexity index is 728. The number of hydrogen-bond donors (Lipinski definition) is 2. The van der Waals surface area contributed by atoms with E-state index < -0.39 is 0 Å². The standard InChI is InChI=1S/C16H19N5O2S/c1-11-2-4-12(5-3-11)8-18-15(23)16-20-19-14(24-16)10-21-7-6-17-13(22)9-21/h2-5H,6-10H2,1H3,(H,17,22)(H,18,23). The summed E-state index contributed by atoms with van der Waals surface area (Å²) in [5, 5.41) is 14.7. The number of carbonyl (C=O) groups is 2. The van der Waals surface area contributed by atoms with Crippen molar-refractivity contribution in [2.24, 2.45) is 0 Å². The number of hydrogen-bond acceptors (Lipinski definition) is 6. The van der Waals surface area contributed by atoms with Gasteiger partial charge in [0.05, 0.1) is 13.1 Å². The number of aromatic nitrogens is 2. The lowest BCUT2D eigenvalue weighted by Crippen LogP contribution is -2.47. The molecule has 0 saturated carbocycles. The summed E-state index contributed by atoms with van der Waals surface area (Å²) in [7, 11) is 0. The zero-order valence-electron chi connectivity index (χ0n) is 13.4. The fraction of sp³-hybridized carbons (Fsp3) is 0.375. The predicted molar refractivity (Wildman–Crippen MR) is 90.5 cm³/mol. The Balaban J connectivity index is 1.53. The Labute approximate surface area is 144 Å². The van der Waals surface area contributed by atoms with Gasteiger partial charge in [-0.05, 0) is 12.5 Å². The first kappa shape index (κ1) is 16.5. The lowest BCUT2D eigenvalue weighted by atomic mass is 10.1. The van der Waals surface area contributed by atoms with Crippen molar-refractivity contribution >= 4 is 23.2 Å². The summed E-state index contributed by atoms with van der Waals surface area (Å²) < 4.78 is 0. The third-order valence-corrected chi connectivity index (χ3v) is 4.62. The second-order valence-electron chi connectivity index (χ2n) is 5.73. The van der Waals surface area contributed by atoms with Crippen molar-refractivity contribution in [1.82, 2.24) is 25.7 Å². The number of benzene rings is 1. The molecule has 1 aliphatic rings. The highest BCUT2D eigenvalue weighted by molar-refractivity contribution is 7.13. The van der Waals surface area contributed by atoms with E-state index in [4.69, 9.17) is 0 Å². The van der Waals surface area contributed by atoms with Crippen LogP contribution in [0.3, 0.4) is 0 Å². The summed E-state index contributed by atoms with van der Waals surface area (Å²) in [5.41, 5.74) is 2.23. The number of nitrogens with one attached hydrogen (secondary N) is 2. The van der Waals surface area contributed by atoms with Crippen LogP contribution in [0.2, 0.25) is 0 Å². The quantitative estimate of drug-likeness (QED) is 0.833. The molecule has 2 N–H and O–H groups in total. The molecule has 1 aromatic carbocycles. The Morgan fingerprint density at radius 3 is 2.88 bits per heavy atom. The topological polar surface area (TPSA) is 87.2 Å². The van der Waals surface area contributed by atoms with Crippen LogP contribution < -0.4 is 10.6 Å². The number of nitrogens with zero attached hydrogens (tertiary/aromatic N) is 3. The van der Waals surface area contributed by atoms with E-state index in [2.05, 4.69) is 20.8 Å². The van der Waals surface area contributed by atoms with Gasteiger partial charge in [0.1, 0.15) is 5.01 Å².